The fourth-order valence-electron chi connectivity index (χ4n) is 2.31. The predicted molar refractivity (Wildman–Crippen MR) is 90.8 cm³/mol. The second-order valence-corrected chi connectivity index (χ2v) is 9.26. The van der Waals surface area contributed by atoms with Gasteiger partial charge in [-0.15, -0.1) is 0 Å². The Morgan fingerprint density at radius 2 is 1.10 bits per heavy atom. The lowest BCUT2D eigenvalue weighted by atomic mass is 10.3. The van der Waals surface area contributed by atoms with Crippen molar-refractivity contribution in [3.05, 3.63) is 24.3 Å². The number of rotatable bonds is 5. The third-order valence-electron chi connectivity index (χ3n) is 3.23. The van der Waals surface area contributed by atoms with Gasteiger partial charge in [0.15, 0.2) is 7.51 Å². The summed E-state index contributed by atoms with van der Waals surface area (Å²) in [7, 11) is 14.8. The standard InChI is InChI=1S/C14H28N5P/c1-16(2)14-11-9-13(10-12-14)15-20(17(3)4,18(5)6)19(7)8/h9-12H,1-8H3. The van der Waals surface area contributed by atoms with Gasteiger partial charge in [0.2, 0.25) is 0 Å². The van der Waals surface area contributed by atoms with E-state index in [1.54, 1.807) is 0 Å². The van der Waals surface area contributed by atoms with Crippen LogP contribution in [0.2, 0.25) is 0 Å². The van der Waals surface area contributed by atoms with E-state index in [4.69, 9.17) is 4.74 Å². The predicted octanol–water partition coefficient (Wildman–Crippen LogP) is 3.02. The molecule has 0 saturated heterocycles. The fourth-order valence-corrected chi connectivity index (χ4v) is 5.44. The first-order chi connectivity index (χ1) is 9.21. The van der Waals surface area contributed by atoms with Gasteiger partial charge in [-0.25, -0.2) is 4.74 Å². The summed E-state index contributed by atoms with van der Waals surface area (Å²) in [5.74, 6) is 0. The Labute approximate surface area is 124 Å². The van der Waals surface area contributed by atoms with Gasteiger partial charge in [-0.05, 0) is 66.6 Å². The number of benzene rings is 1. The highest BCUT2D eigenvalue weighted by Crippen LogP contribution is 2.56. The second-order valence-electron chi connectivity index (χ2n) is 5.59. The minimum Gasteiger partial charge on any atom is -0.378 e. The molecule has 0 saturated carbocycles. The van der Waals surface area contributed by atoms with Gasteiger partial charge >= 0.3 is 0 Å². The van der Waals surface area contributed by atoms with E-state index < -0.39 is 7.51 Å². The minimum absolute atomic E-state index is 1.01. The van der Waals surface area contributed by atoms with Crippen LogP contribution in [-0.4, -0.2) is 70.4 Å². The first-order valence-corrected chi connectivity index (χ1v) is 8.25. The topological polar surface area (TPSA) is 25.3 Å². The highest BCUT2D eigenvalue weighted by Gasteiger charge is 2.28. The first kappa shape index (κ1) is 17.2. The third kappa shape index (κ3) is 3.41. The van der Waals surface area contributed by atoms with E-state index in [-0.39, 0.29) is 0 Å². The molecule has 0 amide bonds. The number of nitrogens with zero attached hydrogens (tertiary/aromatic N) is 5. The average molecular weight is 297 g/mol. The normalized spacial score (nSPS) is 12.3. The lowest BCUT2D eigenvalue weighted by Crippen LogP contribution is -2.30. The third-order valence-corrected chi connectivity index (χ3v) is 6.94. The van der Waals surface area contributed by atoms with E-state index in [0.717, 1.165) is 5.69 Å². The number of hydrogen-bond donors (Lipinski definition) is 0. The van der Waals surface area contributed by atoms with E-state index >= 15 is 0 Å². The van der Waals surface area contributed by atoms with E-state index in [0.29, 0.717) is 0 Å². The average Bonchev–Trinajstić information content (AvgIpc) is 2.35. The van der Waals surface area contributed by atoms with Crippen LogP contribution >= 0.6 is 7.51 Å². The summed E-state index contributed by atoms with van der Waals surface area (Å²) in [4.78, 5) is 2.09. The van der Waals surface area contributed by atoms with Crippen molar-refractivity contribution in [2.45, 2.75) is 0 Å². The van der Waals surface area contributed by atoms with Crippen LogP contribution in [0.15, 0.2) is 29.0 Å². The maximum absolute atomic E-state index is 5.06. The molecule has 20 heavy (non-hydrogen) atoms. The van der Waals surface area contributed by atoms with Gasteiger partial charge < -0.3 is 4.90 Å². The molecule has 0 aromatic heterocycles. The molecule has 114 valence electrons. The molecule has 1 rings (SSSR count). The van der Waals surface area contributed by atoms with Gasteiger partial charge in [-0.3, -0.25) is 14.0 Å². The van der Waals surface area contributed by atoms with E-state index in [1.807, 2.05) is 14.1 Å². The van der Waals surface area contributed by atoms with Gasteiger partial charge in [-0.1, -0.05) is 0 Å². The van der Waals surface area contributed by atoms with Crippen molar-refractivity contribution >= 4 is 18.9 Å². The Morgan fingerprint density at radius 1 is 0.700 bits per heavy atom. The van der Waals surface area contributed by atoms with Gasteiger partial charge in [0.05, 0.1) is 5.69 Å². The summed E-state index contributed by atoms with van der Waals surface area (Å²) >= 11 is 0. The molecule has 0 radical (unpaired) electrons. The van der Waals surface area contributed by atoms with Crippen LogP contribution in [0.25, 0.3) is 0 Å². The Bertz CT molecular complexity index is 448. The molecule has 6 heteroatoms. The van der Waals surface area contributed by atoms with Crippen LogP contribution < -0.4 is 4.90 Å². The zero-order valence-electron chi connectivity index (χ0n) is 14.0. The second kappa shape index (κ2) is 6.72. The summed E-state index contributed by atoms with van der Waals surface area (Å²) in [5, 5.41) is 0. The molecule has 0 bridgehead atoms. The van der Waals surface area contributed by atoms with Crippen LogP contribution in [0.4, 0.5) is 11.4 Å². The van der Waals surface area contributed by atoms with Gasteiger partial charge in [0.25, 0.3) is 0 Å². The summed E-state index contributed by atoms with van der Waals surface area (Å²) in [6, 6.07) is 8.38. The summed E-state index contributed by atoms with van der Waals surface area (Å²) in [5.41, 5.74) is 2.20. The van der Waals surface area contributed by atoms with Gasteiger partial charge in [-0.2, -0.15) is 0 Å². The molecular formula is C14H28N5P. The molecule has 0 aliphatic heterocycles. The number of anilines is 1. The Morgan fingerprint density at radius 3 is 1.40 bits per heavy atom. The molecule has 0 unspecified atom stereocenters. The zero-order chi connectivity index (χ0) is 15.5. The smallest absolute Gasteiger partial charge is 0.171 e. The van der Waals surface area contributed by atoms with Crippen LogP contribution in [0, 0.1) is 0 Å². The van der Waals surface area contributed by atoms with Crippen molar-refractivity contribution < 1.29 is 0 Å². The summed E-state index contributed by atoms with van der Waals surface area (Å²) < 4.78 is 11.7. The highest BCUT2D eigenvalue weighted by atomic mass is 31.2. The fraction of sp³-hybridized carbons (Fsp3) is 0.571. The van der Waals surface area contributed by atoms with Crippen LogP contribution in [0.1, 0.15) is 0 Å². The molecule has 0 N–H and O–H groups in total. The summed E-state index contributed by atoms with van der Waals surface area (Å²) in [6.45, 7) is 0. The largest absolute Gasteiger partial charge is 0.378 e. The molecule has 1 aromatic rings. The molecule has 0 atom stereocenters. The Hall–Kier alpha value is -0.870. The van der Waals surface area contributed by atoms with E-state index in [2.05, 4.69) is 85.5 Å². The van der Waals surface area contributed by atoms with E-state index in [9.17, 15) is 0 Å². The van der Waals surface area contributed by atoms with Crippen molar-refractivity contribution in [3.8, 4) is 0 Å². The lowest BCUT2D eigenvalue weighted by molar-refractivity contribution is 0.474. The van der Waals surface area contributed by atoms with Crippen molar-refractivity contribution in [2.24, 2.45) is 4.74 Å². The highest BCUT2D eigenvalue weighted by molar-refractivity contribution is 7.59. The minimum atomic E-state index is -1.86. The van der Waals surface area contributed by atoms with Gasteiger partial charge in [0, 0.05) is 19.8 Å². The quantitative estimate of drug-likeness (QED) is 0.780. The molecule has 1 aromatic carbocycles. The van der Waals surface area contributed by atoms with Crippen molar-refractivity contribution in [1.82, 2.24) is 14.0 Å². The zero-order valence-corrected chi connectivity index (χ0v) is 14.9. The Balaban J connectivity index is 3.33. The monoisotopic (exact) mass is 297 g/mol. The number of hydrogen-bond acceptors (Lipinski definition) is 2. The molecular weight excluding hydrogens is 269 g/mol. The van der Waals surface area contributed by atoms with Crippen LogP contribution in [-0.2, 0) is 0 Å². The van der Waals surface area contributed by atoms with Crippen LogP contribution in [0.3, 0.4) is 0 Å². The van der Waals surface area contributed by atoms with Crippen LogP contribution in [0.5, 0.6) is 0 Å². The maximum Gasteiger partial charge on any atom is 0.171 e. The first-order valence-electron chi connectivity index (χ1n) is 6.65. The SMILES string of the molecule is CN(C)c1ccc(N=P(N(C)C)(N(C)C)N(C)C)cc1. The van der Waals surface area contributed by atoms with Crippen molar-refractivity contribution in [3.63, 3.8) is 0 Å². The molecule has 0 aliphatic rings. The lowest BCUT2D eigenvalue weighted by Gasteiger charge is -2.41. The van der Waals surface area contributed by atoms with Gasteiger partial charge in [0.1, 0.15) is 0 Å². The Kier molecular flexibility index (Phi) is 5.78. The van der Waals surface area contributed by atoms with Crippen molar-refractivity contribution in [2.75, 3.05) is 61.3 Å². The maximum atomic E-state index is 5.06. The summed E-state index contributed by atoms with van der Waals surface area (Å²) in [6.07, 6.45) is 0. The molecule has 0 aliphatic carbocycles. The van der Waals surface area contributed by atoms with E-state index in [1.165, 1.54) is 5.69 Å². The molecule has 5 nitrogen and oxygen atoms in total. The molecule has 0 fully saturated rings. The molecule has 0 spiro atoms. The molecule has 0 heterocycles. The van der Waals surface area contributed by atoms with Crippen molar-refractivity contribution in [1.29, 1.82) is 0 Å².